The number of carbonyl (C=O) groups excluding carboxylic acids is 1. The molecular weight excluding hydrogens is 304 g/mol. The van der Waals surface area contributed by atoms with Crippen LogP contribution in [0.4, 0.5) is 17.6 Å². The minimum atomic E-state index is -4.74. The van der Waals surface area contributed by atoms with Crippen molar-refractivity contribution in [1.29, 1.82) is 0 Å². The van der Waals surface area contributed by atoms with Crippen molar-refractivity contribution in [3.63, 3.8) is 0 Å². The fourth-order valence-corrected chi connectivity index (χ4v) is 2.56. The molecule has 1 saturated heterocycles. The van der Waals surface area contributed by atoms with Gasteiger partial charge in [0.15, 0.2) is 0 Å². The Morgan fingerprint density at radius 1 is 1.41 bits per heavy atom. The Morgan fingerprint density at radius 3 is 2.77 bits per heavy atom. The average molecular weight is 320 g/mol. The highest BCUT2D eigenvalue weighted by Crippen LogP contribution is 2.24. The van der Waals surface area contributed by atoms with Crippen molar-refractivity contribution in [3.8, 4) is 5.75 Å². The molecule has 0 radical (unpaired) electrons. The van der Waals surface area contributed by atoms with Crippen LogP contribution in [0.5, 0.6) is 5.75 Å². The first-order valence-corrected chi connectivity index (χ1v) is 6.77. The van der Waals surface area contributed by atoms with E-state index in [1.165, 1.54) is 18.2 Å². The number of hydrogen-bond acceptors (Lipinski definition) is 3. The van der Waals surface area contributed by atoms with Crippen LogP contribution in [-0.4, -0.2) is 42.5 Å². The molecule has 1 aliphatic rings. The van der Waals surface area contributed by atoms with E-state index in [2.05, 4.69) is 4.74 Å². The Labute approximate surface area is 124 Å². The van der Waals surface area contributed by atoms with Gasteiger partial charge in [-0.25, -0.2) is 4.39 Å². The van der Waals surface area contributed by atoms with E-state index < -0.39 is 24.5 Å². The van der Waals surface area contributed by atoms with Gasteiger partial charge in [-0.2, -0.15) is 0 Å². The molecule has 4 nitrogen and oxygen atoms in total. The lowest BCUT2D eigenvalue weighted by Gasteiger charge is -2.21. The molecule has 8 heteroatoms. The Bertz CT molecular complexity index is 536. The standard InChI is InChI=1S/C14H16F4N2O2/c15-10-7-12(13(19)21)20(8-10)5-4-9-2-1-3-11(6-9)22-14(16,17)18/h1-3,6,10,12H,4-5,7-8H2,(H2,19,21)/t10-,12+/m1/s1. The highest BCUT2D eigenvalue weighted by Gasteiger charge is 2.35. The fourth-order valence-electron chi connectivity index (χ4n) is 2.56. The topological polar surface area (TPSA) is 55.6 Å². The Morgan fingerprint density at radius 2 is 2.14 bits per heavy atom. The van der Waals surface area contributed by atoms with Crippen molar-refractivity contribution in [2.75, 3.05) is 13.1 Å². The number of carbonyl (C=O) groups is 1. The maximum absolute atomic E-state index is 13.4. The number of nitrogens with zero attached hydrogens (tertiary/aromatic N) is 1. The van der Waals surface area contributed by atoms with Gasteiger partial charge in [-0.15, -0.1) is 13.2 Å². The third-order valence-electron chi connectivity index (χ3n) is 3.50. The van der Waals surface area contributed by atoms with E-state index in [0.717, 1.165) is 0 Å². The number of likely N-dealkylation sites (tertiary alicyclic amines) is 1. The number of halogens is 4. The van der Waals surface area contributed by atoms with Crippen molar-refractivity contribution in [2.45, 2.75) is 31.4 Å². The van der Waals surface area contributed by atoms with Crippen LogP contribution < -0.4 is 10.5 Å². The van der Waals surface area contributed by atoms with Gasteiger partial charge >= 0.3 is 6.36 Å². The third kappa shape index (κ3) is 4.59. The van der Waals surface area contributed by atoms with E-state index in [1.54, 1.807) is 11.0 Å². The molecule has 1 amide bonds. The smallest absolute Gasteiger partial charge is 0.406 e. The monoisotopic (exact) mass is 320 g/mol. The zero-order chi connectivity index (χ0) is 16.3. The van der Waals surface area contributed by atoms with E-state index in [9.17, 15) is 22.4 Å². The molecule has 1 fully saturated rings. The number of primary amides is 1. The third-order valence-corrected chi connectivity index (χ3v) is 3.50. The molecule has 0 aliphatic carbocycles. The predicted octanol–water partition coefficient (Wildman–Crippen LogP) is 2.03. The Kier molecular flexibility index (Phi) is 4.90. The Hall–Kier alpha value is -1.83. The summed E-state index contributed by atoms with van der Waals surface area (Å²) < 4.78 is 53.7. The van der Waals surface area contributed by atoms with E-state index in [-0.39, 0.29) is 18.7 Å². The van der Waals surface area contributed by atoms with Gasteiger partial charge in [-0.05, 0) is 24.1 Å². The van der Waals surface area contributed by atoms with Gasteiger partial charge in [0.05, 0.1) is 6.04 Å². The molecule has 0 bridgehead atoms. The number of benzene rings is 1. The second kappa shape index (κ2) is 6.51. The molecule has 22 heavy (non-hydrogen) atoms. The van der Waals surface area contributed by atoms with Crippen LogP contribution in [0.25, 0.3) is 0 Å². The summed E-state index contributed by atoms with van der Waals surface area (Å²) in [5.74, 6) is -0.893. The molecule has 1 aromatic carbocycles. The minimum absolute atomic E-state index is 0.0621. The van der Waals surface area contributed by atoms with Crippen LogP contribution in [0.2, 0.25) is 0 Å². The van der Waals surface area contributed by atoms with Crippen LogP contribution in [0, 0.1) is 0 Å². The van der Waals surface area contributed by atoms with Crippen molar-refractivity contribution in [3.05, 3.63) is 29.8 Å². The quantitative estimate of drug-likeness (QED) is 0.845. The number of hydrogen-bond donors (Lipinski definition) is 1. The molecule has 0 saturated carbocycles. The van der Waals surface area contributed by atoms with Gasteiger partial charge in [0.2, 0.25) is 5.91 Å². The lowest BCUT2D eigenvalue weighted by atomic mass is 10.1. The van der Waals surface area contributed by atoms with E-state index in [4.69, 9.17) is 5.73 Å². The van der Waals surface area contributed by atoms with Crippen molar-refractivity contribution in [2.24, 2.45) is 5.73 Å². The highest BCUT2D eigenvalue weighted by atomic mass is 19.4. The average Bonchev–Trinajstić information content (AvgIpc) is 2.76. The number of nitrogens with two attached hydrogens (primary N) is 1. The highest BCUT2D eigenvalue weighted by molar-refractivity contribution is 5.80. The normalized spacial score (nSPS) is 22.7. The summed E-state index contributed by atoms with van der Waals surface area (Å²) >= 11 is 0. The van der Waals surface area contributed by atoms with Crippen molar-refractivity contribution >= 4 is 5.91 Å². The SMILES string of the molecule is NC(=O)[C@@H]1C[C@@H](F)CN1CCc1cccc(OC(F)(F)F)c1. The number of alkyl halides is 4. The molecule has 0 unspecified atom stereocenters. The van der Waals surface area contributed by atoms with Crippen LogP contribution in [0.3, 0.4) is 0 Å². The van der Waals surface area contributed by atoms with Gasteiger partial charge in [0.1, 0.15) is 11.9 Å². The summed E-state index contributed by atoms with van der Waals surface area (Å²) in [5.41, 5.74) is 5.82. The van der Waals surface area contributed by atoms with E-state index >= 15 is 0 Å². The lowest BCUT2D eigenvalue weighted by Crippen LogP contribution is -2.41. The van der Waals surface area contributed by atoms with Crippen molar-refractivity contribution < 1.29 is 27.1 Å². The summed E-state index contributed by atoms with van der Waals surface area (Å²) in [6.07, 6.45) is -5.43. The molecule has 1 aliphatic heterocycles. The zero-order valence-electron chi connectivity index (χ0n) is 11.6. The molecule has 1 aromatic rings. The lowest BCUT2D eigenvalue weighted by molar-refractivity contribution is -0.274. The molecule has 2 N–H and O–H groups in total. The first-order valence-electron chi connectivity index (χ1n) is 6.77. The second-order valence-electron chi connectivity index (χ2n) is 5.19. The van der Waals surface area contributed by atoms with E-state index in [0.29, 0.717) is 18.5 Å². The molecule has 2 rings (SSSR count). The molecule has 122 valence electrons. The molecule has 1 heterocycles. The summed E-state index contributed by atoms with van der Waals surface area (Å²) in [7, 11) is 0. The number of rotatable bonds is 5. The summed E-state index contributed by atoms with van der Waals surface area (Å²) in [6, 6.07) is 4.91. The summed E-state index contributed by atoms with van der Waals surface area (Å²) in [4.78, 5) is 12.9. The van der Waals surface area contributed by atoms with Crippen LogP contribution >= 0.6 is 0 Å². The first kappa shape index (κ1) is 16.5. The van der Waals surface area contributed by atoms with Gasteiger partial charge in [-0.3, -0.25) is 9.69 Å². The summed E-state index contributed by atoms with van der Waals surface area (Å²) in [6.45, 7) is 0.440. The molecule has 2 atom stereocenters. The van der Waals surface area contributed by atoms with Gasteiger partial charge in [0.25, 0.3) is 0 Å². The van der Waals surface area contributed by atoms with Gasteiger partial charge in [-0.1, -0.05) is 12.1 Å². The van der Waals surface area contributed by atoms with Crippen LogP contribution in [0.1, 0.15) is 12.0 Å². The van der Waals surface area contributed by atoms with Crippen molar-refractivity contribution in [1.82, 2.24) is 4.90 Å². The molecule has 0 aromatic heterocycles. The summed E-state index contributed by atoms with van der Waals surface area (Å²) in [5, 5.41) is 0. The maximum atomic E-state index is 13.4. The predicted molar refractivity (Wildman–Crippen MR) is 70.9 cm³/mol. The second-order valence-corrected chi connectivity index (χ2v) is 5.19. The van der Waals surface area contributed by atoms with Crippen LogP contribution in [0.15, 0.2) is 24.3 Å². The van der Waals surface area contributed by atoms with Gasteiger partial charge < -0.3 is 10.5 Å². The van der Waals surface area contributed by atoms with E-state index in [1.807, 2.05) is 0 Å². The number of ether oxygens (including phenoxy) is 1. The minimum Gasteiger partial charge on any atom is -0.406 e. The maximum Gasteiger partial charge on any atom is 0.573 e. The fraction of sp³-hybridized carbons (Fsp3) is 0.500. The largest absolute Gasteiger partial charge is 0.573 e. The Balaban J connectivity index is 1.96. The van der Waals surface area contributed by atoms with Crippen LogP contribution in [-0.2, 0) is 11.2 Å². The first-order chi connectivity index (χ1) is 10.2. The zero-order valence-corrected chi connectivity index (χ0v) is 11.6. The van der Waals surface area contributed by atoms with Gasteiger partial charge in [0, 0.05) is 19.5 Å². The molecule has 0 spiro atoms. The molecular formula is C14H16F4N2O2. The number of amides is 1.